The number of nitrogens with one attached hydrogen (secondary N) is 1. The molecule has 1 N–H and O–H groups in total. The van der Waals surface area contributed by atoms with E-state index in [2.05, 4.69) is 24.4 Å². The largest absolute Gasteiger partial charge is 0.497 e. The van der Waals surface area contributed by atoms with Gasteiger partial charge in [-0.05, 0) is 36.3 Å². The molecule has 0 saturated heterocycles. The SMILES string of the molecule is COc1ccc(C2=CC(CN[C@H](C)c3ccccc3)OC2=O)cc1. The zero-order valence-corrected chi connectivity index (χ0v) is 13.9. The molecule has 0 saturated carbocycles. The number of ether oxygens (including phenoxy) is 2. The van der Waals surface area contributed by atoms with Crippen LogP contribution >= 0.6 is 0 Å². The van der Waals surface area contributed by atoms with Crippen LogP contribution in [0.5, 0.6) is 5.75 Å². The van der Waals surface area contributed by atoms with Gasteiger partial charge in [0.05, 0.1) is 12.7 Å². The standard InChI is InChI=1S/C20H21NO3/c1-14(15-6-4-3-5-7-15)21-13-18-12-19(20(22)24-18)16-8-10-17(23-2)11-9-16/h3-12,14,18,21H,13H2,1-2H3/t14-,18?/m1/s1. The summed E-state index contributed by atoms with van der Waals surface area (Å²) in [5.74, 6) is 0.486. The Morgan fingerprint density at radius 2 is 1.83 bits per heavy atom. The molecule has 124 valence electrons. The molecule has 1 aliphatic heterocycles. The molecule has 0 aliphatic carbocycles. The summed E-state index contributed by atoms with van der Waals surface area (Å²) in [4.78, 5) is 12.1. The number of carbonyl (C=O) groups is 1. The minimum absolute atomic E-state index is 0.198. The van der Waals surface area contributed by atoms with Gasteiger partial charge in [-0.3, -0.25) is 0 Å². The Hall–Kier alpha value is -2.59. The van der Waals surface area contributed by atoms with Crippen LogP contribution in [0.1, 0.15) is 24.1 Å². The number of carbonyl (C=O) groups excluding carboxylic acids is 1. The molecule has 0 aromatic heterocycles. The van der Waals surface area contributed by atoms with E-state index in [9.17, 15) is 4.79 Å². The topological polar surface area (TPSA) is 47.6 Å². The highest BCUT2D eigenvalue weighted by atomic mass is 16.5. The van der Waals surface area contributed by atoms with Gasteiger partial charge < -0.3 is 14.8 Å². The van der Waals surface area contributed by atoms with Gasteiger partial charge in [-0.25, -0.2) is 4.79 Å². The van der Waals surface area contributed by atoms with Gasteiger partial charge in [-0.1, -0.05) is 42.5 Å². The summed E-state index contributed by atoms with van der Waals surface area (Å²) >= 11 is 0. The van der Waals surface area contributed by atoms with Crippen molar-refractivity contribution in [2.24, 2.45) is 0 Å². The van der Waals surface area contributed by atoms with Crippen molar-refractivity contribution in [3.05, 3.63) is 71.8 Å². The summed E-state index contributed by atoms with van der Waals surface area (Å²) in [6, 6.07) is 17.8. The van der Waals surface area contributed by atoms with E-state index in [0.29, 0.717) is 12.1 Å². The lowest BCUT2D eigenvalue weighted by atomic mass is 10.1. The summed E-state index contributed by atoms with van der Waals surface area (Å²) < 4.78 is 10.6. The predicted octanol–water partition coefficient (Wildman–Crippen LogP) is 3.35. The van der Waals surface area contributed by atoms with E-state index in [4.69, 9.17) is 9.47 Å². The zero-order valence-electron chi connectivity index (χ0n) is 13.9. The first kappa shape index (κ1) is 16.3. The highest BCUT2D eigenvalue weighted by Crippen LogP contribution is 2.25. The molecule has 0 amide bonds. The van der Waals surface area contributed by atoms with Crippen LogP contribution in [0.3, 0.4) is 0 Å². The summed E-state index contributed by atoms with van der Waals surface area (Å²) in [7, 11) is 1.62. The molecule has 2 aromatic rings. The lowest BCUT2D eigenvalue weighted by Gasteiger charge is -2.16. The first-order valence-electron chi connectivity index (χ1n) is 8.03. The average molecular weight is 323 g/mol. The Bertz CT molecular complexity index is 722. The third-order valence-electron chi connectivity index (χ3n) is 4.16. The molecule has 2 atom stereocenters. The second kappa shape index (κ2) is 7.32. The molecule has 3 rings (SSSR count). The van der Waals surface area contributed by atoms with Crippen LogP contribution in [0.2, 0.25) is 0 Å². The molecule has 0 radical (unpaired) electrons. The van der Waals surface area contributed by atoms with E-state index in [-0.39, 0.29) is 18.1 Å². The van der Waals surface area contributed by atoms with E-state index in [1.165, 1.54) is 5.56 Å². The second-order valence-electron chi connectivity index (χ2n) is 5.79. The Balaban J connectivity index is 1.63. The van der Waals surface area contributed by atoms with Crippen molar-refractivity contribution in [1.29, 1.82) is 0 Å². The van der Waals surface area contributed by atoms with Crippen LogP contribution in [0.25, 0.3) is 5.57 Å². The Morgan fingerprint density at radius 3 is 2.50 bits per heavy atom. The third-order valence-corrected chi connectivity index (χ3v) is 4.16. The summed E-state index contributed by atoms with van der Waals surface area (Å²) in [5, 5.41) is 3.41. The molecule has 4 nitrogen and oxygen atoms in total. The molecule has 4 heteroatoms. The zero-order chi connectivity index (χ0) is 16.9. The first-order valence-corrected chi connectivity index (χ1v) is 8.03. The normalized spacial score (nSPS) is 18.0. The summed E-state index contributed by atoms with van der Waals surface area (Å²) in [6.07, 6.45) is 1.63. The van der Waals surface area contributed by atoms with Gasteiger partial charge in [0.1, 0.15) is 11.9 Å². The number of cyclic esters (lactones) is 1. The Morgan fingerprint density at radius 1 is 1.12 bits per heavy atom. The molecule has 1 unspecified atom stereocenters. The number of hydrogen-bond donors (Lipinski definition) is 1. The molecule has 2 aromatic carbocycles. The molecule has 1 heterocycles. The average Bonchev–Trinajstić information content (AvgIpc) is 3.01. The lowest BCUT2D eigenvalue weighted by Crippen LogP contribution is -2.28. The molecule has 0 bridgehead atoms. The fourth-order valence-corrected chi connectivity index (χ4v) is 2.73. The van der Waals surface area contributed by atoms with Gasteiger partial charge in [0.2, 0.25) is 0 Å². The van der Waals surface area contributed by atoms with Crippen LogP contribution in [0.4, 0.5) is 0 Å². The molecule has 1 aliphatic rings. The molecular formula is C20H21NO3. The van der Waals surface area contributed by atoms with E-state index in [1.54, 1.807) is 7.11 Å². The maximum atomic E-state index is 12.1. The van der Waals surface area contributed by atoms with E-state index in [1.807, 2.05) is 48.5 Å². The van der Waals surface area contributed by atoms with Crippen molar-refractivity contribution in [2.45, 2.75) is 19.1 Å². The molecule has 0 spiro atoms. The van der Waals surface area contributed by atoms with Gasteiger partial charge in [0.15, 0.2) is 0 Å². The monoisotopic (exact) mass is 323 g/mol. The van der Waals surface area contributed by atoms with Crippen LogP contribution in [0.15, 0.2) is 60.7 Å². The number of benzene rings is 2. The minimum atomic E-state index is -0.278. The van der Waals surface area contributed by atoms with Crippen LogP contribution in [0, 0.1) is 0 Å². The summed E-state index contributed by atoms with van der Waals surface area (Å²) in [6.45, 7) is 2.68. The summed E-state index contributed by atoms with van der Waals surface area (Å²) in [5.41, 5.74) is 2.66. The van der Waals surface area contributed by atoms with Gasteiger partial charge in [0.25, 0.3) is 0 Å². The van der Waals surface area contributed by atoms with Crippen molar-refractivity contribution in [2.75, 3.05) is 13.7 Å². The van der Waals surface area contributed by atoms with Crippen LogP contribution in [-0.4, -0.2) is 25.7 Å². The van der Waals surface area contributed by atoms with Crippen molar-refractivity contribution in [1.82, 2.24) is 5.32 Å². The number of hydrogen-bond acceptors (Lipinski definition) is 4. The second-order valence-corrected chi connectivity index (χ2v) is 5.79. The molecular weight excluding hydrogens is 302 g/mol. The van der Waals surface area contributed by atoms with Crippen LogP contribution < -0.4 is 10.1 Å². The number of rotatable bonds is 6. The molecule has 24 heavy (non-hydrogen) atoms. The van der Waals surface area contributed by atoms with E-state index < -0.39 is 0 Å². The smallest absolute Gasteiger partial charge is 0.339 e. The van der Waals surface area contributed by atoms with E-state index >= 15 is 0 Å². The fourth-order valence-electron chi connectivity index (χ4n) is 2.73. The third kappa shape index (κ3) is 3.66. The quantitative estimate of drug-likeness (QED) is 0.828. The lowest BCUT2D eigenvalue weighted by molar-refractivity contribution is -0.137. The van der Waals surface area contributed by atoms with Crippen molar-refractivity contribution >= 4 is 11.5 Å². The molecule has 0 fully saturated rings. The van der Waals surface area contributed by atoms with Crippen molar-refractivity contribution in [3.63, 3.8) is 0 Å². The maximum absolute atomic E-state index is 12.1. The highest BCUT2D eigenvalue weighted by molar-refractivity contribution is 6.18. The maximum Gasteiger partial charge on any atom is 0.339 e. The highest BCUT2D eigenvalue weighted by Gasteiger charge is 2.26. The predicted molar refractivity (Wildman–Crippen MR) is 93.7 cm³/mol. The fraction of sp³-hybridized carbons (Fsp3) is 0.250. The van der Waals surface area contributed by atoms with Gasteiger partial charge in [-0.2, -0.15) is 0 Å². The Labute approximate surface area is 142 Å². The number of methoxy groups -OCH3 is 1. The van der Waals surface area contributed by atoms with Gasteiger partial charge in [-0.15, -0.1) is 0 Å². The Kier molecular flexibility index (Phi) is 4.96. The minimum Gasteiger partial charge on any atom is -0.497 e. The van der Waals surface area contributed by atoms with Crippen molar-refractivity contribution < 1.29 is 14.3 Å². The van der Waals surface area contributed by atoms with Crippen LogP contribution in [-0.2, 0) is 9.53 Å². The van der Waals surface area contributed by atoms with Gasteiger partial charge in [0, 0.05) is 12.6 Å². The first-order chi connectivity index (χ1) is 11.7. The van der Waals surface area contributed by atoms with Crippen molar-refractivity contribution in [3.8, 4) is 5.75 Å². The van der Waals surface area contributed by atoms with Gasteiger partial charge >= 0.3 is 5.97 Å². The van der Waals surface area contributed by atoms with E-state index in [0.717, 1.165) is 11.3 Å². The number of esters is 1.